The number of carbonyl (C=O) groups excluding carboxylic acids is 2. The smallest absolute Gasteiger partial charge is 0.343 e. The summed E-state index contributed by atoms with van der Waals surface area (Å²) in [6.07, 6.45) is 0. The lowest BCUT2D eigenvalue weighted by molar-refractivity contribution is -0.385. The highest BCUT2D eigenvalue weighted by molar-refractivity contribution is 8.01. The Morgan fingerprint density at radius 2 is 2.06 bits per heavy atom. The molecule has 0 unspecified atom stereocenters. The van der Waals surface area contributed by atoms with Crippen LogP contribution in [0.25, 0.3) is 10.2 Å². The summed E-state index contributed by atoms with van der Waals surface area (Å²) in [6, 6.07) is 8.38. The SMILES string of the molecule is CCOC(=O)CSc1nc2ccc(NC(=O)c3cccc([N+](=O)[O-])c3C(=O)O)cc2s1. The van der Waals surface area contributed by atoms with Gasteiger partial charge in [-0.05, 0) is 31.2 Å². The summed E-state index contributed by atoms with van der Waals surface area (Å²) in [4.78, 5) is 50.3. The van der Waals surface area contributed by atoms with Gasteiger partial charge in [-0.25, -0.2) is 9.78 Å². The van der Waals surface area contributed by atoms with Crippen LogP contribution in [0, 0.1) is 10.1 Å². The average Bonchev–Trinajstić information content (AvgIpc) is 3.14. The molecule has 1 heterocycles. The summed E-state index contributed by atoms with van der Waals surface area (Å²) in [5.41, 5.74) is -0.638. The molecule has 12 heteroatoms. The first-order chi connectivity index (χ1) is 14.8. The number of nitro groups is 1. The zero-order valence-corrected chi connectivity index (χ0v) is 17.6. The first-order valence-corrected chi connectivity index (χ1v) is 10.6. The normalized spacial score (nSPS) is 10.6. The number of rotatable bonds is 8. The van der Waals surface area contributed by atoms with Crippen LogP contribution in [0.2, 0.25) is 0 Å². The lowest BCUT2D eigenvalue weighted by atomic mass is 10.0. The molecule has 0 spiro atoms. The number of nitrogens with zero attached hydrogens (tertiary/aromatic N) is 2. The first-order valence-electron chi connectivity index (χ1n) is 8.81. The maximum absolute atomic E-state index is 12.6. The molecular weight excluding hydrogens is 446 g/mol. The van der Waals surface area contributed by atoms with Crippen LogP contribution in [-0.2, 0) is 9.53 Å². The molecule has 160 valence electrons. The van der Waals surface area contributed by atoms with Crippen LogP contribution in [-0.4, -0.2) is 45.2 Å². The number of thiazole rings is 1. The Balaban J connectivity index is 1.81. The third kappa shape index (κ3) is 5.16. The summed E-state index contributed by atoms with van der Waals surface area (Å²) in [6.45, 7) is 2.03. The van der Waals surface area contributed by atoms with Crippen molar-refractivity contribution in [3.05, 3.63) is 57.6 Å². The zero-order valence-electron chi connectivity index (χ0n) is 16.0. The number of carboxylic acid groups (broad SMARTS) is 1. The fourth-order valence-electron chi connectivity index (χ4n) is 2.67. The molecule has 3 aromatic rings. The number of hydrogen-bond acceptors (Lipinski definition) is 9. The Bertz CT molecular complexity index is 1190. The number of nitrogens with one attached hydrogen (secondary N) is 1. The van der Waals surface area contributed by atoms with Gasteiger partial charge in [0, 0.05) is 11.8 Å². The largest absolute Gasteiger partial charge is 0.477 e. The topological polar surface area (TPSA) is 149 Å². The molecule has 0 bridgehead atoms. The second-order valence-electron chi connectivity index (χ2n) is 5.97. The minimum atomic E-state index is -1.57. The van der Waals surface area contributed by atoms with E-state index in [0.29, 0.717) is 22.2 Å². The van der Waals surface area contributed by atoms with Crippen LogP contribution in [0.1, 0.15) is 27.6 Å². The van der Waals surface area contributed by atoms with Crippen LogP contribution < -0.4 is 5.32 Å². The highest BCUT2D eigenvalue weighted by Crippen LogP contribution is 2.31. The molecule has 0 atom stereocenters. The fraction of sp³-hybridized carbons (Fsp3) is 0.158. The minimum Gasteiger partial charge on any atom is -0.477 e. The summed E-state index contributed by atoms with van der Waals surface area (Å²) in [7, 11) is 0. The number of amides is 1. The van der Waals surface area contributed by atoms with E-state index in [0.717, 1.165) is 10.8 Å². The number of carbonyl (C=O) groups is 3. The van der Waals surface area contributed by atoms with Crippen molar-refractivity contribution < 1.29 is 29.2 Å². The van der Waals surface area contributed by atoms with Crippen molar-refractivity contribution in [2.75, 3.05) is 17.7 Å². The minimum absolute atomic E-state index is 0.127. The lowest BCUT2D eigenvalue weighted by Crippen LogP contribution is -2.17. The number of anilines is 1. The Hall–Kier alpha value is -3.51. The molecule has 1 aromatic heterocycles. The molecule has 0 saturated heterocycles. The van der Waals surface area contributed by atoms with Crippen molar-refractivity contribution in [3.63, 3.8) is 0 Å². The predicted octanol–water partition coefficient (Wildman–Crippen LogP) is 3.81. The van der Waals surface area contributed by atoms with Gasteiger partial charge in [-0.1, -0.05) is 17.8 Å². The van der Waals surface area contributed by atoms with Gasteiger partial charge in [-0.15, -0.1) is 11.3 Å². The van der Waals surface area contributed by atoms with Gasteiger partial charge in [0.15, 0.2) is 4.34 Å². The van der Waals surface area contributed by atoms with E-state index in [-0.39, 0.29) is 17.3 Å². The number of aromatic nitrogens is 1. The molecule has 2 aromatic carbocycles. The predicted molar refractivity (Wildman–Crippen MR) is 115 cm³/mol. The number of carboxylic acids is 1. The number of nitro benzene ring substituents is 1. The van der Waals surface area contributed by atoms with Crippen molar-refractivity contribution in [3.8, 4) is 0 Å². The standard InChI is InChI=1S/C19H15N3O7S2/c1-2-29-15(23)9-30-19-21-12-7-6-10(8-14(12)31-19)20-17(24)11-4-3-5-13(22(27)28)16(11)18(25)26/h3-8H,2,9H2,1H3,(H,20,24)(H,25,26). The van der Waals surface area contributed by atoms with Crippen molar-refractivity contribution in [2.24, 2.45) is 0 Å². The third-order valence-corrected chi connectivity index (χ3v) is 6.08. The summed E-state index contributed by atoms with van der Waals surface area (Å²) < 4.78 is 6.27. The van der Waals surface area contributed by atoms with E-state index in [1.54, 1.807) is 25.1 Å². The number of hydrogen-bond donors (Lipinski definition) is 2. The molecule has 0 aliphatic carbocycles. The summed E-state index contributed by atoms with van der Waals surface area (Å²) in [5, 5.41) is 23.0. The van der Waals surface area contributed by atoms with Gasteiger partial charge in [0.1, 0.15) is 5.56 Å². The molecule has 31 heavy (non-hydrogen) atoms. The first kappa shape index (κ1) is 22.2. The molecule has 0 fully saturated rings. The van der Waals surface area contributed by atoms with Crippen LogP contribution >= 0.6 is 23.1 Å². The van der Waals surface area contributed by atoms with E-state index in [4.69, 9.17) is 4.74 Å². The molecule has 0 radical (unpaired) electrons. The van der Waals surface area contributed by atoms with Gasteiger partial charge >= 0.3 is 11.9 Å². The number of thioether (sulfide) groups is 1. The monoisotopic (exact) mass is 461 g/mol. The maximum atomic E-state index is 12.6. The zero-order chi connectivity index (χ0) is 22.5. The van der Waals surface area contributed by atoms with Crippen LogP contribution in [0.3, 0.4) is 0 Å². The Labute approximate surface area is 183 Å². The second-order valence-corrected chi connectivity index (χ2v) is 8.23. The van der Waals surface area contributed by atoms with Crippen molar-refractivity contribution in [1.82, 2.24) is 4.98 Å². The number of esters is 1. The van der Waals surface area contributed by atoms with E-state index in [1.807, 2.05) is 0 Å². The highest BCUT2D eigenvalue weighted by atomic mass is 32.2. The van der Waals surface area contributed by atoms with Crippen molar-refractivity contribution >= 4 is 62.5 Å². The van der Waals surface area contributed by atoms with E-state index in [2.05, 4.69) is 10.3 Å². The lowest BCUT2D eigenvalue weighted by Gasteiger charge is -2.08. The number of ether oxygens (including phenoxy) is 1. The molecule has 2 N–H and O–H groups in total. The second kappa shape index (κ2) is 9.53. The Morgan fingerprint density at radius 3 is 2.74 bits per heavy atom. The summed E-state index contributed by atoms with van der Waals surface area (Å²) in [5.74, 6) is -2.58. The van der Waals surface area contributed by atoms with E-state index in [9.17, 15) is 29.6 Å². The van der Waals surface area contributed by atoms with E-state index in [1.165, 1.54) is 35.2 Å². The highest BCUT2D eigenvalue weighted by Gasteiger charge is 2.27. The van der Waals surface area contributed by atoms with Crippen LogP contribution in [0.4, 0.5) is 11.4 Å². The van der Waals surface area contributed by atoms with Crippen molar-refractivity contribution in [1.29, 1.82) is 0 Å². The van der Waals surface area contributed by atoms with E-state index >= 15 is 0 Å². The van der Waals surface area contributed by atoms with E-state index < -0.39 is 28.1 Å². The van der Waals surface area contributed by atoms with Gasteiger partial charge in [0.2, 0.25) is 0 Å². The van der Waals surface area contributed by atoms with Crippen LogP contribution in [0.15, 0.2) is 40.7 Å². The number of aromatic carboxylic acids is 1. The molecule has 0 aliphatic heterocycles. The maximum Gasteiger partial charge on any atom is 0.343 e. The molecule has 1 amide bonds. The third-order valence-electron chi connectivity index (χ3n) is 3.94. The number of benzene rings is 2. The molecule has 3 rings (SSSR count). The van der Waals surface area contributed by atoms with Gasteiger partial charge in [-0.3, -0.25) is 19.7 Å². The molecule has 0 saturated carbocycles. The number of fused-ring (bicyclic) bond motifs is 1. The van der Waals surface area contributed by atoms with Gasteiger partial charge in [0.25, 0.3) is 11.6 Å². The van der Waals surface area contributed by atoms with Gasteiger partial charge in [0.05, 0.1) is 33.1 Å². The summed E-state index contributed by atoms with van der Waals surface area (Å²) >= 11 is 2.55. The van der Waals surface area contributed by atoms with Crippen LogP contribution in [0.5, 0.6) is 0 Å². The quantitative estimate of drug-likeness (QED) is 0.221. The molecule has 10 nitrogen and oxygen atoms in total. The van der Waals surface area contributed by atoms with Gasteiger partial charge < -0.3 is 15.2 Å². The Morgan fingerprint density at radius 1 is 1.29 bits per heavy atom. The fourth-order valence-corrected chi connectivity index (χ4v) is 4.58. The average molecular weight is 461 g/mol. The molecule has 0 aliphatic rings. The Kier molecular flexibility index (Phi) is 6.82. The van der Waals surface area contributed by atoms with Crippen molar-refractivity contribution in [2.45, 2.75) is 11.3 Å². The molecular formula is C19H15N3O7S2. The van der Waals surface area contributed by atoms with Gasteiger partial charge in [-0.2, -0.15) is 0 Å².